The van der Waals surface area contributed by atoms with E-state index >= 15 is 0 Å². The van der Waals surface area contributed by atoms with Crippen LogP contribution in [-0.2, 0) is 0 Å². The zero-order valence-corrected chi connectivity index (χ0v) is 26.1. The molecule has 3 aliphatic carbocycles. The molecule has 1 unspecified atom stereocenters. The summed E-state index contributed by atoms with van der Waals surface area (Å²) in [5.41, 5.74) is 10.6. The molecule has 0 amide bonds. The first-order valence-electron chi connectivity index (χ1n) is 16.7. The number of hydrogen-bond donors (Lipinski definition) is 0. The monoisotopic (exact) mass is 610 g/mol. The molecule has 3 aliphatic rings. The van der Waals surface area contributed by atoms with Crippen molar-refractivity contribution >= 4 is 11.1 Å². The van der Waals surface area contributed by atoms with E-state index < -0.39 is 0 Å². The number of fused-ring (bicyclic) bond motifs is 4. The van der Waals surface area contributed by atoms with Gasteiger partial charge in [0, 0.05) is 27.8 Å². The first-order chi connectivity index (χ1) is 23.3. The minimum absolute atomic E-state index is 0.585. The van der Waals surface area contributed by atoms with E-state index in [1.807, 2.05) is 60.7 Å². The van der Waals surface area contributed by atoms with Gasteiger partial charge in [0.25, 0.3) is 0 Å². The Balaban J connectivity index is 1.09. The van der Waals surface area contributed by atoms with Gasteiger partial charge in [-0.05, 0) is 65.8 Å². The fourth-order valence-electron chi connectivity index (χ4n) is 7.90. The Bertz CT molecular complexity index is 2140. The van der Waals surface area contributed by atoms with Crippen molar-refractivity contribution < 1.29 is 4.42 Å². The summed E-state index contributed by atoms with van der Waals surface area (Å²) < 4.78 is 6.10. The van der Waals surface area contributed by atoms with Gasteiger partial charge in [-0.15, -0.1) is 0 Å². The van der Waals surface area contributed by atoms with Gasteiger partial charge in [-0.2, -0.15) is 0 Å². The van der Waals surface area contributed by atoms with Crippen LogP contribution in [0.5, 0.6) is 0 Å². The fraction of sp³-hybridized carbons (Fsp3) is 0.190. The molecule has 0 spiro atoms. The minimum atomic E-state index is 0.585. The highest BCUT2D eigenvalue weighted by Gasteiger charge is 2.37. The molecule has 0 aliphatic heterocycles. The number of nitrogens with zero attached hydrogens (tertiary/aromatic N) is 4. The van der Waals surface area contributed by atoms with Crippen LogP contribution in [0.3, 0.4) is 0 Å². The maximum Gasteiger partial charge on any atom is 0.182 e. The third kappa shape index (κ3) is 5.22. The van der Waals surface area contributed by atoms with Crippen molar-refractivity contribution in [1.82, 2.24) is 19.9 Å². The second-order valence-electron chi connectivity index (χ2n) is 13.1. The number of benzene rings is 5. The Hall–Kier alpha value is -5.42. The molecule has 2 bridgehead atoms. The Morgan fingerprint density at radius 3 is 1.68 bits per heavy atom. The lowest BCUT2D eigenvalue weighted by molar-refractivity contribution is 0.145. The summed E-state index contributed by atoms with van der Waals surface area (Å²) in [4.78, 5) is 19.5. The molecule has 10 rings (SSSR count). The third-order valence-corrected chi connectivity index (χ3v) is 10.3. The first kappa shape index (κ1) is 27.9. The first-order valence-corrected chi connectivity index (χ1v) is 16.7. The Morgan fingerprint density at radius 2 is 1.06 bits per heavy atom. The van der Waals surface area contributed by atoms with E-state index in [0.29, 0.717) is 23.4 Å². The van der Waals surface area contributed by atoms with E-state index in [4.69, 9.17) is 24.4 Å². The quantitative estimate of drug-likeness (QED) is 0.187. The minimum Gasteiger partial charge on any atom is -0.443 e. The normalized spacial score (nSPS) is 18.9. The van der Waals surface area contributed by atoms with Crippen LogP contribution in [0.2, 0.25) is 0 Å². The Morgan fingerprint density at radius 1 is 0.511 bits per heavy atom. The zero-order valence-electron chi connectivity index (χ0n) is 26.1. The van der Waals surface area contributed by atoms with Crippen LogP contribution in [-0.4, -0.2) is 19.9 Å². The van der Waals surface area contributed by atoms with Gasteiger partial charge >= 0.3 is 0 Å². The van der Waals surface area contributed by atoms with Crippen LogP contribution in [0.15, 0.2) is 132 Å². The van der Waals surface area contributed by atoms with Gasteiger partial charge in [0.2, 0.25) is 0 Å². The molecule has 3 saturated carbocycles. The molecule has 228 valence electrons. The molecule has 2 heterocycles. The standard InChI is InChI=1S/C42H34N4O/c1-3-9-29(10-4-1)40-44-41(30-11-5-2-6-12-30)46-42(45-40)34-16-8-14-32(25-34)31-13-7-15-33(24-31)35-21-22-36(39-38(35)43-26-47-39)37-23-27-17-19-28(37)20-18-27/h1-16,21-22,24-28,37H,17-20,23H2. The third-order valence-electron chi connectivity index (χ3n) is 10.3. The molecule has 2 aromatic heterocycles. The SMILES string of the molecule is c1ccc(-c2nc(-c3ccccc3)nc(-c3cccc(-c4cccc(-c5ccc(C6CC7CCC6CC7)c6ocnc56)c4)c3)n2)cc1. The van der Waals surface area contributed by atoms with E-state index in [9.17, 15) is 0 Å². The highest BCUT2D eigenvalue weighted by Crippen LogP contribution is 2.51. The van der Waals surface area contributed by atoms with Gasteiger partial charge in [0.05, 0.1) is 0 Å². The number of hydrogen-bond acceptors (Lipinski definition) is 5. The summed E-state index contributed by atoms with van der Waals surface area (Å²) in [5, 5.41) is 0. The van der Waals surface area contributed by atoms with Gasteiger partial charge in [-0.25, -0.2) is 19.9 Å². The predicted molar refractivity (Wildman–Crippen MR) is 187 cm³/mol. The number of oxazole rings is 1. The second-order valence-corrected chi connectivity index (χ2v) is 13.1. The molecule has 7 aromatic rings. The maximum atomic E-state index is 6.10. The Kier molecular flexibility index (Phi) is 6.96. The maximum absolute atomic E-state index is 6.10. The molecule has 0 saturated heterocycles. The molecule has 3 fully saturated rings. The molecular formula is C42H34N4O. The molecule has 5 aromatic carbocycles. The highest BCUT2D eigenvalue weighted by atomic mass is 16.3. The van der Waals surface area contributed by atoms with Crippen LogP contribution in [0.4, 0.5) is 0 Å². The summed E-state index contributed by atoms with van der Waals surface area (Å²) in [5.74, 6) is 4.17. The van der Waals surface area contributed by atoms with E-state index in [-0.39, 0.29) is 0 Å². The molecular weight excluding hydrogens is 576 g/mol. The lowest BCUT2D eigenvalue weighted by Crippen LogP contribution is -2.29. The topological polar surface area (TPSA) is 64.7 Å². The summed E-state index contributed by atoms with van der Waals surface area (Å²) in [6, 6.07) is 41.9. The molecule has 0 radical (unpaired) electrons. The van der Waals surface area contributed by atoms with Crippen molar-refractivity contribution in [2.24, 2.45) is 11.8 Å². The summed E-state index contributed by atoms with van der Waals surface area (Å²) in [6.07, 6.45) is 8.38. The second kappa shape index (κ2) is 11.7. The summed E-state index contributed by atoms with van der Waals surface area (Å²) in [6.45, 7) is 0. The van der Waals surface area contributed by atoms with Crippen LogP contribution >= 0.6 is 0 Å². The van der Waals surface area contributed by atoms with Crippen molar-refractivity contribution in [1.29, 1.82) is 0 Å². The van der Waals surface area contributed by atoms with Crippen molar-refractivity contribution in [3.63, 3.8) is 0 Å². The van der Waals surface area contributed by atoms with Gasteiger partial charge in [-0.1, -0.05) is 122 Å². The van der Waals surface area contributed by atoms with Gasteiger partial charge in [0.15, 0.2) is 29.4 Å². The fourth-order valence-corrected chi connectivity index (χ4v) is 7.90. The van der Waals surface area contributed by atoms with Crippen molar-refractivity contribution in [3.05, 3.63) is 133 Å². The summed E-state index contributed by atoms with van der Waals surface area (Å²) in [7, 11) is 0. The average Bonchev–Trinajstić information content (AvgIpc) is 3.66. The zero-order chi connectivity index (χ0) is 31.2. The van der Waals surface area contributed by atoms with Crippen LogP contribution in [0.25, 0.3) is 67.5 Å². The molecule has 1 atom stereocenters. The van der Waals surface area contributed by atoms with Gasteiger partial charge in [0.1, 0.15) is 5.52 Å². The average molecular weight is 611 g/mol. The Labute approximate surface area is 274 Å². The van der Waals surface area contributed by atoms with Crippen LogP contribution in [0, 0.1) is 11.8 Å². The summed E-state index contributed by atoms with van der Waals surface area (Å²) >= 11 is 0. The number of aromatic nitrogens is 4. The van der Waals surface area contributed by atoms with E-state index in [0.717, 1.165) is 61.9 Å². The van der Waals surface area contributed by atoms with Crippen LogP contribution in [0.1, 0.15) is 43.6 Å². The van der Waals surface area contributed by atoms with E-state index in [1.54, 1.807) is 6.39 Å². The molecule has 0 N–H and O–H groups in total. The molecule has 47 heavy (non-hydrogen) atoms. The van der Waals surface area contributed by atoms with Crippen molar-refractivity contribution in [3.8, 4) is 56.4 Å². The number of rotatable bonds is 6. The molecule has 5 nitrogen and oxygen atoms in total. The van der Waals surface area contributed by atoms with Gasteiger partial charge < -0.3 is 4.42 Å². The lowest BCUT2D eigenvalue weighted by Gasteiger charge is -2.42. The smallest absolute Gasteiger partial charge is 0.182 e. The van der Waals surface area contributed by atoms with Gasteiger partial charge in [-0.3, -0.25) is 0 Å². The van der Waals surface area contributed by atoms with Crippen LogP contribution < -0.4 is 0 Å². The molecule has 5 heteroatoms. The predicted octanol–water partition coefficient (Wildman–Crippen LogP) is 10.6. The lowest BCUT2D eigenvalue weighted by atomic mass is 9.62. The van der Waals surface area contributed by atoms with E-state index in [2.05, 4.69) is 60.7 Å². The van der Waals surface area contributed by atoms with Crippen molar-refractivity contribution in [2.75, 3.05) is 0 Å². The highest BCUT2D eigenvalue weighted by molar-refractivity contribution is 5.93. The van der Waals surface area contributed by atoms with E-state index in [1.165, 1.54) is 37.7 Å². The largest absolute Gasteiger partial charge is 0.443 e. The van der Waals surface area contributed by atoms with Crippen molar-refractivity contribution in [2.45, 2.75) is 38.0 Å².